The van der Waals surface area contributed by atoms with Gasteiger partial charge in [-0.15, -0.1) is 0 Å². The van der Waals surface area contributed by atoms with Crippen LogP contribution in [0.25, 0.3) is 0 Å². The Morgan fingerprint density at radius 3 is 2.52 bits per heavy atom. The summed E-state index contributed by atoms with van der Waals surface area (Å²) < 4.78 is 6.27. The summed E-state index contributed by atoms with van der Waals surface area (Å²) in [6.45, 7) is 4.56. The lowest BCUT2D eigenvalue weighted by atomic mass is 9.61. The lowest BCUT2D eigenvalue weighted by Gasteiger charge is -2.58. The molecule has 0 aromatic carbocycles. The third kappa shape index (κ3) is 2.59. The van der Waals surface area contributed by atoms with Gasteiger partial charge in [0.15, 0.2) is 0 Å². The van der Waals surface area contributed by atoms with Crippen LogP contribution in [-0.2, 0) is 10.3 Å². The quantitative estimate of drug-likeness (QED) is 0.912. The number of carbonyl (C=O) groups excluding carboxylic acids is 1. The van der Waals surface area contributed by atoms with Crippen LogP contribution in [0.1, 0.15) is 55.1 Å². The maximum absolute atomic E-state index is 11.6. The molecule has 0 radical (unpaired) electrons. The predicted octanol–water partition coefficient (Wildman–Crippen LogP) is 2.55. The standard InChI is InChI=1S/C20H29N3O2/c1-13-6-7-18(13)23-11-15-4-3-5-16(12-23)20(15,25-2)14-8-9-22-17(10-14)19(21)24/h8-10,13,15-16,18H,3-7,11-12H2,1-2H3,(H2,21,24)/t13-,15-,16+,18+,20+/m0/s1. The summed E-state index contributed by atoms with van der Waals surface area (Å²) in [5, 5.41) is 0. The van der Waals surface area contributed by atoms with E-state index in [1.807, 2.05) is 19.2 Å². The number of methoxy groups -OCH3 is 1. The van der Waals surface area contributed by atoms with Crippen LogP contribution in [0.5, 0.6) is 0 Å². The molecule has 1 aromatic heterocycles. The van der Waals surface area contributed by atoms with Gasteiger partial charge in [-0.2, -0.15) is 0 Å². The number of piperidine rings is 1. The van der Waals surface area contributed by atoms with E-state index in [1.54, 1.807) is 6.20 Å². The van der Waals surface area contributed by atoms with Crippen molar-refractivity contribution in [1.82, 2.24) is 9.88 Å². The molecule has 1 aliphatic heterocycles. The number of primary amides is 1. The number of likely N-dealkylation sites (tertiary alicyclic amines) is 1. The minimum atomic E-state index is -0.473. The summed E-state index contributed by atoms with van der Waals surface area (Å²) in [6.07, 6.45) is 8.01. The van der Waals surface area contributed by atoms with Crippen molar-refractivity contribution in [3.63, 3.8) is 0 Å². The van der Waals surface area contributed by atoms with Gasteiger partial charge in [-0.05, 0) is 49.3 Å². The van der Waals surface area contributed by atoms with Crippen LogP contribution in [0.4, 0.5) is 0 Å². The highest BCUT2D eigenvalue weighted by molar-refractivity contribution is 5.90. The van der Waals surface area contributed by atoms with Gasteiger partial charge >= 0.3 is 0 Å². The second kappa shape index (κ2) is 6.36. The molecule has 1 aromatic rings. The van der Waals surface area contributed by atoms with Crippen molar-refractivity contribution >= 4 is 5.91 Å². The van der Waals surface area contributed by atoms with E-state index in [0.717, 1.165) is 30.6 Å². The molecular weight excluding hydrogens is 314 g/mol. The van der Waals surface area contributed by atoms with E-state index in [0.29, 0.717) is 17.5 Å². The smallest absolute Gasteiger partial charge is 0.267 e. The maximum Gasteiger partial charge on any atom is 0.267 e. The molecule has 0 unspecified atom stereocenters. The topological polar surface area (TPSA) is 68.5 Å². The molecule has 0 spiro atoms. The van der Waals surface area contributed by atoms with Gasteiger partial charge in [-0.25, -0.2) is 0 Å². The Morgan fingerprint density at radius 1 is 1.28 bits per heavy atom. The second-order valence-corrected chi connectivity index (χ2v) is 8.19. The minimum Gasteiger partial charge on any atom is -0.373 e. The Balaban J connectivity index is 1.69. The molecule has 2 N–H and O–H groups in total. The highest BCUT2D eigenvalue weighted by atomic mass is 16.5. The van der Waals surface area contributed by atoms with Crippen LogP contribution in [0, 0.1) is 17.8 Å². The van der Waals surface area contributed by atoms with Crippen LogP contribution in [0.15, 0.2) is 18.3 Å². The largest absolute Gasteiger partial charge is 0.373 e. The Morgan fingerprint density at radius 2 is 2.00 bits per heavy atom. The first-order valence-electron chi connectivity index (χ1n) is 9.61. The van der Waals surface area contributed by atoms with Crippen LogP contribution in [0.3, 0.4) is 0 Å². The average molecular weight is 343 g/mol. The number of nitrogens with zero attached hydrogens (tertiary/aromatic N) is 2. The van der Waals surface area contributed by atoms with Crippen LogP contribution < -0.4 is 5.73 Å². The van der Waals surface area contributed by atoms with E-state index in [-0.39, 0.29) is 5.60 Å². The van der Waals surface area contributed by atoms with Gasteiger partial charge in [0.1, 0.15) is 11.3 Å². The number of amides is 1. The first-order chi connectivity index (χ1) is 12.1. The minimum absolute atomic E-state index is 0.311. The normalized spacial score (nSPS) is 38.2. The molecule has 136 valence electrons. The summed E-state index contributed by atoms with van der Waals surface area (Å²) in [6, 6.07) is 4.62. The van der Waals surface area contributed by atoms with E-state index in [9.17, 15) is 4.79 Å². The third-order valence-corrected chi connectivity index (χ3v) is 7.07. The molecule has 2 heterocycles. The Hall–Kier alpha value is -1.46. The highest BCUT2D eigenvalue weighted by Gasteiger charge is 2.54. The number of nitrogens with two attached hydrogens (primary N) is 1. The molecule has 3 aliphatic rings. The lowest BCUT2D eigenvalue weighted by molar-refractivity contribution is -0.181. The molecule has 2 aliphatic carbocycles. The second-order valence-electron chi connectivity index (χ2n) is 8.19. The molecule has 25 heavy (non-hydrogen) atoms. The molecule has 5 heteroatoms. The fraction of sp³-hybridized carbons (Fsp3) is 0.700. The van der Waals surface area contributed by atoms with Crippen molar-refractivity contribution in [2.45, 2.75) is 50.7 Å². The molecule has 5 atom stereocenters. The third-order valence-electron chi connectivity index (χ3n) is 7.07. The average Bonchev–Trinajstić information content (AvgIpc) is 2.59. The molecule has 1 saturated heterocycles. The monoisotopic (exact) mass is 343 g/mol. The zero-order valence-electron chi connectivity index (χ0n) is 15.3. The number of carbonyl (C=O) groups is 1. The molecule has 2 saturated carbocycles. The first kappa shape index (κ1) is 17.0. The molecule has 5 nitrogen and oxygen atoms in total. The van der Waals surface area contributed by atoms with E-state index >= 15 is 0 Å². The number of rotatable bonds is 4. The Labute approximate surface area is 149 Å². The molecule has 1 amide bonds. The molecule has 4 rings (SSSR count). The van der Waals surface area contributed by atoms with Crippen LogP contribution >= 0.6 is 0 Å². The first-order valence-corrected chi connectivity index (χ1v) is 9.61. The lowest BCUT2D eigenvalue weighted by Crippen LogP contribution is -2.62. The van der Waals surface area contributed by atoms with Crippen molar-refractivity contribution in [3.05, 3.63) is 29.6 Å². The van der Waals surface area contributed by atoms with E-state index < -0.39 is 5.91 Å². The Bertz CT molecular complexity index is 648. The van der Waals surface area contributed by atoms with Gasteiger partial charge in [-0.1, -0.05) is 13.3 Å². The van der Waals surface area contributed by atoms with Crippen molar-refractivity contribution in [2.75, 3.05) is 20.2 Å². The van der Waals surface area contributed by atoms with Gasteiger partial charge in [-0.3, -0.25) is 14.7 Å². The molecule has 2 bridgehead atoms. The SMILES string of the molecule is CO[C@@]1(c2ccnc(C(N)=O)c2)[C@@H]2CCC[C@H]1CN([C@@H]1CC[C@@H]1C)C2. The molecule has 3 fully saturated rings. The number of aromatic nitrogens is 1. The summed E-state index contributed by atoms with van der Waals surface area (Å²) in [5.41, 5.74) is 6.57. The Kier molecular flexibility index (Phi) is 4.32. The van der Waals surface area contributed by atoms with Crippen LogP contribution in [-0.4, -0.2) is 42.0 Å². The maximum atomic E-state index is 11.6. The van der Waals surface area contributed by atoms with Gasteiger partial charge in [0.25, 0.3) is 5.91 Å². The number of pyridine rings is 1. The van der Waals surface area contributed by atoms with Gasteiger partial charge in [0.05, 0.1) is 0 Å². The van der Waals surface area contributed by atoms with Crippen molar-refractivity contribution in [1.29, 1.82) is 0 Å². The number of ether oxygens (including phenoxy) is 1. The fourth-order valence-electron chi connectivity index (χ4n) is 5.66. The van der Waals surface area contributed by atoms with Gasteiger partial charge in [0.2, 0.25) is 0 Å². The number of hydrogen-bond acceptors (Lipinski definition) is 4. The summed E-state index contributed by atoms with van der Waals surface area (Å²) in [7, 11) is 1.83. The van der Waals surface area contributed by atoms with Crippen molar-refractivity contribution in [2.24, 2.45) is 23.5 Å². The number of hydrogen-bond donors (Lipinski definition) is 1. The van der Waals surface area contributed by atoms with E-state index in [1.165, 1.54) is 32.1 Å². The molecular formula is C20H29N3O2. The van der Waals surface area contributed by atoms with Crippen molar-refractivity contribution < 1.29 is 9.53 Å². The van der Waals surface area contributed by atoms with Crippen LogP contribution in [0.2, 0.25) is 0 Å². The number of fused-ring (bicyclic) bond motifs is 2. The predicted molar refractivity (Wildman–Crippen MR) is 96.0 cm³/mol. The van der Waals surface area contributed by atoms with Gasteiger partial charge < -0.3 is 10.5 Å². The highest BCUT2D eigenvalue weighted by Crippen LogP contribution is 2.52. The summed E-state index contributed by atoms with van der Waals surface area (Å²) in [5.74, 6) is 1.26. The zero-order valence-corrected chi connectivity index (χ0v) is 15.3. The summed E-state index contributed by atoms with van der Waals surface area (Å²) >= 11 is 0. The zero-order chi connectivity index (χ0) is 17.6. The van der Waals surface area contributed by atoms with E-state index in [4.69, 9.17) is 10.5 Å². The van der Waals surface area contributed by atoms with Crippen molar-refractivity contribution in [3.8, 4) is 0 Å². The fourth-order valence-corrected chi connectivity index (χ4v) is 5.66. The summed E-state index contributed by atoms with van der Waals surface area (Å²) in [4.78, 5) is 18.5. The van der Waals surface area contributed by atoms with E-state index in [2.05, 4.69) is 16.8 Å². The van der Waals surface area contributed by atoms with Gasteiger partial charge in [0, 0.05) is 44.3 Å².